The van der Waals surface area contributed by atoms with Crippen LogP contribution < -0.4 is 20.1 Å². The topological polar surface area (TPSA) is 67.8 Å². The molecule has 7 heteroatoms. The largest absolute Gasteiger partial charge is 0.490 e. The first-order valence-electron chi connectivity index (χ1n) is 8.64. The van der Waals surface area contributed by atoms with Crippen LogP contribution in [-0.2, 0) is 6.42 Å². The van der Waals surface area contributed by atoms with E-state index < -0.39 is 0 Å². The fraction of sp³-hybridized carbons (Fsp3) is 0.368. The summed E-state index contributed by atoms with van der Waals surface area (Å²) in [5.41, 5.74) is 1.26. The lowest BCUT2D eigenvalue weighted by atomic mass is 10.1. The molecule has 3 rings (SSSR count). The van der Waals surface area contributed by atoms with Crippen molar-refractivity contribution in [1.29, 1.82) is 0 Å². The van der Waals surface area contributed by atoms with E-state index in [1.54, 1.807) is 12.4 Å². The van der Waals surface area contributed by atoms with Gasteiger partial charge in [-0.25, -0.2) is 4.99 Å². The Kier molecular flexibility index (Phi) is 8.46. The average molecular weight is 468 g/mol. The lowest BCUT2D eigenvalue weighted by Crippen LogP contribution is -2.40. The molecule has 0 saturated heterocycles. The molecular formula is C19H25IN4O2. The van der Waals surface area contributed by atoms with E-state index in [0.29, 0.717) is 19.7 Å². The van der Waals surface area contributed by atoms with Gasteiger partial charge in [0, 0.05) is 19.2 Å². The van der Waals surface area contributed by atoms with Crippen LogP contribution in [0.1, 0.15) is 12.5 Å². The highest BCUT2D eigenvalue weighted by Gasteiger charge is 2.21. The van der Waals surface area contributed by atoms with Gasteiger partial charge in [-0.2, -0.15) is 0 Å². The van der Waals surface area contributed by atoms with Crippen molar-refractivity contribution < 1.29 is 9.47 Å². The second-order valence-electron chi connectivity index (χ2n) is 5.74. The van der Waals surface area contributed by atoms with Gasteiger partial charge in [-0.3, -0.25) is 4.98 Å². The molecule has 2 N–H and O–H groups in total. The van der Waals surface area contributed by atoms with Gasteiger partial charge < -0.3 is 20.1 Å². The summed E-state index contributed by atoms with van der Waals surface area (Å²) in [5, 5.41) is 6.52. The van der Waals surface area contributed by atoms with Crippen LogP contribution in [0.2, 0.25) is 0 Å². The summed E-state index contributed by atoms with van der Waals surface area (Å²) < 4.78 is 11.5. The van der Waals surface area contributed by atoms with Crippen molar-refractivity contribution in [2.75, 3.05) is 26.2 Å². The number of benzene rings is 1. The Bertz CT molecular complexity index is 672. The van der Waals surface area contributed by atoms with E-state index in [1.165, 1.54) is 5.56 Å². The first kappa shape index (κ1) is 20.3. The smallest absolute Gasteiger partial charge is 0.191 e. The van der Waals surface area contributed by atoms with Gasteiger partial charge in [0.25, 0.3) is 0 Å². The Morgan fingerprint density at radius 1 is 1.27 bits per heavy atom. The monoisotopic (exact) mass is 468 g/mol. The highest BCUT2D eigenvalue weighted by atomic mass is 127. The van der Waals surface area contributed by atoms with Crippen molar-refractivity contribution in [1.82, 2.24) is 15.6 Å². The van der Waals surface area contributed by atoms with E-state index in [-0.39, 0.29) is 30.1 Å². The lowest BCUT2D eigenvalue weighted by Gasteiger charge is -2.13. The Morgan fingerprint density at radius 3 is 2.92 bits per heavy atom. The van der Waals surface area contributed by atoms with Crippen LogP contribution in [0.3, 0.4) is 0 Å². The molecule has 2 aromatic rings. The Balaban J connectivity index is 0.00000243. The molecule has 0 bridgehead atoms. The van der Waals surface area contributed by atoms with E-state index >= 15 is 0 Å². The minimum Gasteiger partial charge on any atom is -0.490 e. The van der Waals surface area contributed by atoms with Crippen LogP contribution in [0.5, 0.6) is 11.5 Å². The molecule has 26 heavy (non-hydrogen) atoms. The SMILES string of the molecule is CCNC(=NCC1Cc2ccccc2O1)NCCOc1cccnc1.I. The van der Waals surface area contributed by atoms with E-state index in [4.69, 9.17) is 9.47 Å². The van der Waals surface area contributed by atoms with Crippen molar-refractivity contribution in [3.8, 4) is 11.5 Å². The first-order valence-corrected chi connectivity index (χ1v) is 8.64. The lowest BCUT2D eigenvalue weighted by molar-refractivity contribution is 0.241. The van der Waals surface area contributed by atoms with Crippen LogP contribution in [-0.4, -0.2) is 43.3 Å². The number of aromatic nitrogens is 1. The van der Waals surface area contributed by atoms with Gasteiger partial charge >= 0.3 is 0 Å². The second-order valence-corrected chi connectivity index (χ2v) is 5.74. The van der Waals surface area contributed by atoms with Gasteiger partial charge in [0.2, 0.25) is 0 Å². The molecule has 140 valence electrons. The summed E-state index contributed by atoms with van der Waals surface area (Å²) >= 11 is 0. The van der Waals surface area contributed by atoms with Crippen LogP contribution in [0.4, 0.5) is 0 Å². The summed E-state index contributed by atoms with van der Waals surface area (Å²) in [6.07, 6.45) is 4.43. The third-order valence-corrected chi connectivity index (χ3v) is 3.81. The maximum Gasteiger partial charge on any atom is 0.191 e. The number of aliphatic imine (C=N–C) groups is 1. The standard InChI is InChI=1S/C19H24N4O2.HI/c1-2-21-19(22-10-11-24-16-7-5-9-20-13-16)23-14-17-12-15-6-3-4-8-18(15)25-17;/h3-9,13,17H,2,10-12,14H2,1H3,(H2,21,22,23);1H. The maximum atomic E-state index is 5.92. The van der Waals surface area contributed by atoms with Crippen LogP contribution in [0.15, 0.2) is 53.8 Å². The molecule has 1 aliphatic rings. The zero-order chi connectivity index (χ0) is 17.3. The Morgan fingerprint density at radius 2 is 2.15 bits per heavy atom. The highest BCUT2D eigenvalue weighted by Crippen LogP contribution is 2.28. The number of nitrogens with one attached hydrogen (secondary N) is 2. The van der Waals surface area contributed by atoms with Gasteiger partial charge in [-0.1, -0.05) is 18.2 Å². The van der Waals surface area contributed by atoms with E-state index in [2.05, 4.69) is 26.7 Å². The van der Waals surface area contributed by atoms with Gasteiger partial charge in [-0.05, 0) is 30.7 Å². The molecule has 6 nitrogen and oxygen atoms in total. The predicted molar refractivity (Wildman–Crippen MR) is 114 cm³/mol. The molecular weight excluding hydrogens is 443 g/mol. The fourth-order valence-corrected chi connectivity index (χ4v) is 2.66. The molecule has 1 aromatic heterocycles. The van der Waals surface area contributed by atoms with Gasteiger partial charge in [-0.15, -0.1) is 24.0 Å². The number of halogens is 1. The zero-order valence-corrected chi connectivity index (χ0v) is 17.2. The van der Waals surface area contributed by atoms with E-state index in [9.17, 15) is 0 Å². The normalized spacial score (nSPS) is 15.4. The van der Waals surface area contributed by atoms with Crippen molar-refractivity contribution >= 4 is 29.9 Å². The molecule has 0 aliphatic carbocycles. The number of nitrogens with zero attached hydrogens (tertiary/aromatic N) is 2. The predicted octanol–water partition coefficient (Wildman–Crippen LogP) is 2.64. The molecule has 1 atom stereocenters. The first-order chi connectivity index (χ1) is 12.3. The molecule has 1 aromatic carbocycles. The van der Waals surface area contributed by atoms with E-state index in [0.717, 1.165) is 30.4 Å². The molecule has 2 heterocycles. The number of ether oxygens (including phenoxy) is 2. The number of guanidine groups is 1. The molecule has 0 amide bonds. The number of hydrogen-bond acceptors (Lipinski definition) is 4. The third kappa shape index (κ3) is 6.05. The number of fused-ring (bicyclic) bond motifs is 1. The molecule has 0 saturated carbocycles. The highest BCUT2D eigenvalue weighted by molar-refractivity contribution is 14.0. The van der Waals surface area contributed by atoms with Crippen LogP contribution in [0.25, 0.3) is 0 Å². The minimum absolute atomic E-state index is 0. The summed E-state index contributed by atoms with van der Waals surface area (Å²) in [6.45, 7) is 4.67. The summed E-state index contributed by atoms with van der Waals surface area (Å²) in [7, 11) is 0. The number of pyridine rings is 1. The number of para-hydroxylation sites is 1. The van der Waals surface area contributed by atoms with Gasteiger partial charge in [0.15, 0.2) is 5.96 Å². The van der Waals surface area contributed by atoms with E-state index in [1.807, 2.05) is 37.3 Å². The minimum atomic E-state index is 0. The molecule has 0 fully saturated rings. The number of hydrogen-bond donors (Lipinski definition) is 2. The van der Waals surface area contributed by atoms with Crippen molar-refractivity contribution in [3.05, 3.63) is 54.4 Å². The average Bonchev–Trinajstić information content (AvgIpc) is 3.07. The fourth-order valence-electron chi connectivity index (χ4n) is 2.66. The van der Waals surface area contributed by atoms with Crippen LogP contribution in [0, 0.1) is 0 Å². The molecule has 0 spiro atoms. The van der Waals surface area contributed by atoms with Crippen molar-refractivity contribution in [2.45, 2.75) is 19.4 Å². The zero-order valence-electron chi connectivity index (χ0n) is 14.9. The molecule has 1 unspecified atom stereocenters. The maximum absolute atomic E-state index is 5.92. The van der Waals surface area contributed by atoms with Crippen molar-refractivity contribution in [3.63, 3.8) is 0 Å². The third-order valence-electron chi connectivity index (χ3n) is 3.81. The summed E-state index contributed by atoms with van der Waals surface area (Å²) in [4.78, 5) is 8.65. The van der Waals surface area contributed by atoms with Crippen molar-refractivity contribution in [2.24, 2.45) is 4.99 Å². The Labute approximate surface area is 171 Å². The molecule has 1 aliphatic heterocycles. The second kappa shape index (κ2) is 10.8. The quantitative estimate of drug-likeness (QED) is 0.283. The Hall–Kier alpha value is -2.03. The summed E-state index contributed by atoms with van der Waals surface area (Å²) in [5.74, 6) is 2.52. The molecule has 0 radical (unpaired) electrons. The number of rotatable bonds is 7. The van der Waals surface area contributed by atoms with Crippen LogP contribution >= 0.6 is 24.0 Å². The van der Waals surface area contributed by atoms with Gasteiger partial charge in [0.05, 0.1) is 19.3 Å². The van der Waals surface area contributed by atoms with Gasteiger partial charge in [0.1, 0.15) is 24.2 Å². The summed E-state index contributed by atoms with van der Waals surface area (Å²) in [6, 6.07) is 11.9.